The van der Waals surface area contributed by atoms with Gasteiger partial charge in [-0.05, 0) is 36.2 Å². The fourth-order valence-electron chi connectivity index (χ4n) is 4.76. The number of para-hydroxylation sites is 1. The lowest BCUT2D eigenvalue weighted by Gasteiger charge is -2.33. The van der Waals surface area contributed by atoms with Gasteiger partial charge in [-0.25, -0.2) is 4.39 Å². The number of aromatic hydroxyl groups is 1. The van der Waals surface area contributed by atoms with E-state index in [-0.39, 0.29) is 17.4 Å². The Kier molecular flexibility index (Phi) is 3.92. The zero-order valence-corrected chi connectivity index (χ0v) is 16.2. The normalized spacial score (nSPS) is 22.4. The molecule has 0 bridgehead atoms. The van der Waals surface area contributed by atoms with Gasteiger partial charge < -0.3 is 15.3 Å². The molecule has 3 aromatic rings. The Balaban J connectivity index is 1.65. The van der Waals surface area contributed by atoms with Gasteiger partial charge in [-0.2, -0.15) is 5.10 Å². The van der Waals surface area contributed by atoms with Crippen LogP contribution < -0.4 is 5.32 Å². The highest BCUT2D eigenvalue weighted by Gasteiger charge is 2.59. The van der Waals surface area contributed by atoms with Crippen molar-refractivity contribution in [3.05, 3.63) is 77.4 Å². The van der Waals surface area contributed by atoms with Crippen LogP contribution in [0, 0.1) is 5.82 Å². The van der Waals surface area contributed by atoms with Gasteiger partial charge in [0.05, 0.1) is 12.2 Å². The number of rotatable bonds is 2. The third kappa shape index (κ3) is 2.46. The van der Waals surface area contributed by atoms with E-state index >= 15 is 0 Å². The van der Waals surface area contributed by atoms with Crippen molar-refractivity contribution in [1.82, 2.24) is 14.7 Å². The SMILES string of the molecule is Cn1cc(C2N(C(=O)c3ccc(F)c(O)c3)CCC23C(=O)Nc2ccccc23)cn1. The molecule has 2 atom stereocenters. The molecule has 2 aliphatic heterocycles. The molecule has 8 heteroatoms. The molecule has 1 fully saturated rings. The molecule has 2 unspecified atom stereocenters. The molecule has 2 amide bonds. The lowest BCUT2D eigenvalue weighted by Crippen LogP contribution is -2.42. The van der Waals surface area contributed by atoms with Crippen molar-refractivity contribution in [2.75, 3.05) is 11.9 Å². The Bertz CT molecular complexity index is 1190. The number of nitrogens with one attached hydrogen (secondary N) is 1. The molecule has 0 aliphatic carbocycles. The first-order chi connectivity index (χ1) is 14.4. The van der Waals surface area contributed by atoms with Gasteiger partial charge in [0, 0.05) is 36.6 Å². The summed E-state index contributed by atoms with van der Waals surface area (Å²) in [5, 5.41) is 16.9. The molecule has 3 heterocycles. The zero-order valence-electron chi connectivity index (χ0n) is 16.2. The van der Waals surface area contributed by atoms with Gasteiger partial charge in [0.25, 0.3) is 5.91 Å². The number of phenolic OH excluding ortho intramolecular Hbond substituents is 1. The van der Waals surface area contributed by atoms with Crippen LogP contribution in [0.4, 0.5) is 10.1 Å². The highest BCUT2D eigenvalue weighted by molar-refractivity contribution is 6.08. The summed E-state index contributed by atoms with van der Waals surface area (Å²) in [6.45, 7) is 0.332. The monoisotopic (exact) mass is 406 g/mol. The van der Waals surface area contributed by atoms with Crippen LogP contribution in [0.3, 0.4) is 0 Å². The molecule has 2 aliphatic rings. The maximum Gasteiger partial charge on any atom is 0.254 e. The Morgan fingerprint density at radius 3 is 2.83 bits per heavy atom. The minimum atomic E-state index is -0.947. The van der Waals surface area contributed by atoms with Crippen molar-refractivity contribution in [2.45, 2.75) is 17.9 Å². The minimum Gasteiger partial charge on any atom is -0.505 e. The summed E-state index contributed by atoms with van der Waals surface area (Å²) >= 11 is 0. The first kappa shape index (κ1) is 18.4. The van der Waals surface area contributed by atoms with E-state index in [0.717, 1.165) is 28.9 Å². The van der Waals surface area contributed by atoms with Crippen molar-refractivity contribution >= 4 is 17.5 Å². The van der Waals surface area contributed by atoms with E-state index < -0.39 is 23.0 Å². The Morgan fingerprint density at radius 2 is 2.10 bits per heavy atom. The maximum atomic E-state index is 13.5. The summed E-state index contributed by atoms with van der Waals surface area (Å²) in [5.74, 6) is -1.92. The number of carbonyl (C=O) groups is 2. The summed E-state index contributed by atoms with van der Waals surface area (Å²) in [5.41, 5.74) is 1.54. The van der Waals surface area contributed by atoms with Gasteiger partial charge in [0.15, 0.2) is 11.6 Å². The molecule has 2 aromatic carbocycles. The van der Waals surface area contributed by atoms with E-state index in [9.17, 15) is 19.1 Å². The summed E-state index contributed by atoms with van der Waals surface area (Å²) in [6, 6.07) is 10.4. The molecular formula is C22H19FN4O3. The predicted molar refractivity (Wildman–Crippen MR) is 106 cm³/mol. The van der Waals surface area contributed by atoms with Gasteiger partial charge in [-0.1, -0.05) is 18.2 Å². The second-order valence-electron chi connectivity index (χ2n) is 7.74. The van der Waals surface area contributed by atoms with Crippen LogP contribution in [0.5, 0.6) is 5.75 Å². The van der Waals surface area contributed by atoms with E-state index in [4.69, 9.17) is 0 Å². The van der Waals surface area contributed by atoms with Gasteiger partial charge in [0.1, 0.15) is 5.41 Å². The van der Waals surface area contributed by atoms with Gasteiger partial charge >= 0.3 is 0 Å². The van der Waals surface area contributed by atoms with Crippen LogP contribution in [0.15, 0.2) is 54.9 Å². The standard InChI is InChI=1S/C22H19FN4O3/c1-26-12-14(11-24-26)19-22(15-4-2-3-5-17(15)25-21(22)30)8-9-27(19)20(29)13-6-7-16(23)18(28)10-13/h2-7,10-12,19,28H,8-9H2,1H3,(H,25,30). The predicted octanol–water partition coefficient (Wildman–Crippen LogP) is 2.74. The Hall–Kier alpha value is -3.68. The molecule has 2 N–H and O–H groups in total. The Morgan fingerprint density at radius 1 is 1.30 bits per heavy atom. The third-order valence-electron chi connectivity index (χ3n) is 6.08. The first-order valence-corrected chi connectivity index (χ1v) is 9.61. The van der Waals surface area contributed by atoms with Gasteiger partial charge in [-0.3, -0.25) is 14.3 Å². The van der Waals surface area contributed by atoms with Crippen LogP contribution in [0.1, 0.15) is 33.9 Å². The van der Waals surface area contributed by atoms with Crippen molar-refractivity contribution in [3.8, 4) is 5.75 Å². The molecule has 7 nitrogen and oxygen atoms in total. The lowest BCUT2D eigenvalue weighted by atomic mass is 9.73. The van der Waals surface area contributed by atoms with Crippen molar-refractivity contribution in [1.29, 1.82) is 0 Å². The van der Waals surface area contributed by atoms with Crippen LogP contribution >= 0.6 is 0 Å². The second kappa shape index (κ2) is 6.41. The topological polar surface area (TPSA) is 87.5 Å². The van der Waals surface area contributed by atoms with Crippen LogP contribution in [-0.4, -0.2) is 38.1 Å². The van der Waals surface area contributed by atoms with E-state index in [1.165, 1.54) is 6.07 Å². The van der Waals surface area contributed by atoms with Crippen molar-refractivity contribution in [2.24, 2.45) is 7.05 Å². The number of hydrogen-bond acceptors (Lipinski definition) is 4. The quantitative estimate of drug-likeness (QED) is 0.685. The number of phenols is 1. The summed E-state index contributed by atoms with van der Waals surface area (Å²) in [6.07, 6.45) is 3.90. The molecule has 0 saturated carbocycles. The molecule has 1 spiro atoms. The van der Waals surface area contributed by atoms with E-state index in [1.54, 1.807) is 29.0 Å². The number of aryl methyl sites for hydroxylation is 1. The van der Waals surface area contributed by atoms with Crippen LogP contribution in [0.25, 0.3) is 0 Å². The smallest absolute Gasteiger partial charge is 0.254 e. The number of nitrogens with zero attached hydrogens (tertiary/aromatic N) is 3. The molecule has 5 rings (SSSR count). The van der Waals surface area contributed by atoms with Crippen molar-refractivity contribution < 1.29 is 19.1 Å². The van der Waals surface area contributed by atoms with Crippen LogP contribution in [-0.2, 0) is 17.3 Å². The maximum absolute atomic E-state index is 13.5. The van der Waals surface area contributed by atoms with Gasteiger partial charge in [0.2, 0.25) is 5.91 Å². The highest BCUT2D eigenvalue weighted by atomic mass is 19.1. The molecule has 0 radical (unpaired) electrons. The van der Waals surface area contributed by atoms with Gasteiger partial charge in [-0.15, -0.1) is 0 Å². The lowest BCUT2D eigenvalue weighted by molar-refractivity contribution is -0.121. The number of halogens is 1. The largest absolute Gasteiger partial charge is 0.505 e. The molecule has 30 heavy (non-hydrogen) atoms. The average molecular weight is 406 g/mol. The third-order valence-corrected chi connectivity index (χ3v) is 6.08. The second-order valence-corrected chi connectivity index (χ2v) is 7.74. The number of fused-ring (bicyclic) bond motifs is 2. The number of aromatic nitrogens is 2. The number of likely N-dealkylation sites (tertiary alicyclic amines) is 1. The minimum absolute atomic E-state index is 0.158. The van der Waals surface area contributed by atoms with Crippen molar-refractivity contribution in [3.63, 3.8) is 0 Å². The zero-order chi connectivity index (χ0) is 21.0. The number of anilines is 1. The first-order valence-electron chi connectivity index (χ1n) is 9.61. The number of amides is 2. The Labute approximate surface area is 171 Å². The fraction of sp³-hybridized carbons (Fsp3) is 0.227. The molecule has 1 saturated heterocycles. The summed E-state index contributed by atoms with van der Waals surface area (Å²) < 4.78 is 15.1. The molecule has 152 valence electrons. The molecule has 1 aromatic heterocycles. The molecular weight excluding hydrogens is 387 g/mol. The number of carbonyl (C=O) groups excluding carboxylic acids is 2. The van der Waals surface area contributed by atoms with E-state index in [2.05, 4.69) is 10.4 Å². The fourth-order valence-corrected chi connectivity index (χ4v) is 4.76. The average Bonchev–Trinajstić information content (AvgIpc) is 3.41. The van der Waals surface area contributed by atoms with E-state index in [1.807, 2.05) is 24.3 Å². The summed E-state index contributed by atoms with van der Waals surface area (Å²) in [7, 11) is 1.78. The summed E-state index contributed by atoms with van der Waals surface area (Å²) in [4.78, 5) is 28.3. The number of benzene rings is 2. The highest BCUT2D eigenvalue weighted by Crippen LogP contribution is 2.54. The number of hydrogen-bond donors (Lipinski definition) is 2. The van der Waals surface area contributed by atoms with Crippen LogP contribution in [0.2, 0.25) is 0 Å². The van der Waals surface area contributed by atoms with E-state index in [0.29, 0.717) is 13.0 Å².